The zero-order valence-electron chi connectivity index (χ0n) is 13.2. The van der Waals surface area contributed by atoms with Gasteiger partial charge >= 0.3 is 5.97 Å². The summed E-state index contributed by atoms with van der Waals surface area (Å²) >= 11 is 0. The van der Waals surface area contributed by atoms with E-state index in [4.69, 9.17) is 5.11 Å². The first kappa shape index (κ1) is 18.4. The van der Waals surface area contributed by atoms with Crippen LogP contribution in [0.5, 0.6) is 0 Å². The predicted molar refractivity (Wildman–Crippen MR) is 84.9 cm³/mol. The highest BCUT2D eigenvalue weighted by molar-refractivity contribution is 7.89. The van der Waals surface area contributed by atoms with Crippen molar-refractivity contribution in [1.29, 1.82) is 0 Å². The maximum atomic E-state index is 12.2. The largest absolute Gasteiger partial charge is 0.479 e. The molecule has 1 saturated carbocycles. The summed E-state index contributed by atoms with van der Waals surface area (Å²) in [5.74, 6) is -1.76. The highest BCUT2D eigenvalue weighted by atomic mass is 32.2. The molecule has 2 rings (SSSR count). The van der Waals surface area contributed by atoms with Crippen LogP contribution in [0, 0.1) is 5.92 Å². The molecule has 1 amide bonds. The van der Waals surface area contributed by atoms with E-state index in [1.54, 1.807) is 0 Å². The minimum Gasteiger partial charge on any atom is -0.479 e. The molecule has 1 fully saturated rings. The number of carboxylic acid groups (broad SMARTS) is 1. The van der Waals surface area contributed by atoms with Crippen LogP contribution in [0.25, 0.3) is 0 Å². The molecule has 1 atom stereocenters. The zero-order chi connectivity index (χ0) is 18.0. The molecule has 1 unspecified atom stereocenters. The molecule has 4 N–H and O–H groups in total. The molecular formula is C15H20N2O6S. The fourth-order valence-electron chi connectivity index (χ4n) is 1.87. The Labute approximate surface area is 139 Å². The van der Waals surface area contributed by atoms with Crippen molar-refractivity contribution in [3.63, 3.8) is 0 Å². The first-order chi connectivity index (χ1) is 11.1. The van der Waals surface area contributed by atoms with Crippen LogP contribution in [0.15, 0.2) is 29.2 Å². The van der Waals surface area contributed by atoms with Crippen molar-refractivity contribution < 1.29 is 28.2 Å². The molecule has 0 aliphatic heterocycles. The van der Waals surface area contributed by atoms with E-state index in [0.29, 0.717) is 12.5 Å². The lowest BCUT2D eigenvalue weighted by molar-refractivity contribution is -0.155. The second-order valence-corrected chi connectivity index (χ2v) is 7.85. The van der Waals surface area contributed by atoms with Gasteiger partial charge < -0.3 is 15.5 Å². The van der Waals surface area contributed by atoms with Crippen LogP contribution in [-0.4, -0.2) is 49.2 Å². The normalized spacial score (nSPS) is 17.1. The van der Waals surface area contributed by atoms with E-state index in [0.717, 1.165) is 19.8 Å². The smallest absolute Gasteiger partial charge is 0.337 e. The molecule has 0 spiro atoms. The Hall–Kier alpha value is -1.97. The number of carbonyl (C=O) groups excluding carboxylic acids is 1. The third-order valence-electron chi connectivity index (χ3n) is 3.72. The van der Waals surface area contributed by atoms with Gasteiger partial charge in [-0.2, -0.15) is 0 Å². The van der Waals surface area contributed by atoms with E-state index in [9.17, 15) is 23.1 Å². The topological polar surface area (TPSA) is 133 Å². The number of amides is 1. The van der Waals surface area contributed by atoms with Gasteiger partial charge in [0.05, 0.1) is 11.4 Å². The molecule has 9 heteroatoms. The van der Waals surface area contributed by atoms with Crippen LogP contribution in [0.2, 0.25) is 0 Å². The van der Waals surface area contributed by atoms with Crippen LogP contribution >= 0.6 is 0 Å². The van der Waals surface area contributed by atoms with Gasteiger partial charge in [0.15, 0.2) is 5.60 Å². The molecule has 0 bridgehead atoms. The molecule has 132 valence electrons. The van der Waals surface area contributed by atoms with Gasteiger partial charge in [0.2, 0.25) is 10.0 Å². The summed E-state index contributed by atoms with van der Waals surface area (Å²) in [6.07, 6.45) is 2.02. The Morgan fingerprint density at radius 2 is 2.00 bits per heavy atom. The summed E-state index contributed by atoms with van der Waals surface area (Å²) in [7, 11) is -3.70. The summed E-state index contributed by atoms with van der Waals surface area (Å²) < 4.78 is 26.9. The van der Waals surface area contributed by atoms with Crippen molar-refractivity contribution >= 4 is 21.9 Å². The monoisotopic (exact) mass is 356 g/mol. The molecule has 0 heterocycles. The quantitative estimate of drug-likeness (QED) is 0.516. The molecule has 1 aliphatic carbocycles. The molecule has 0 aromatic heterocycles. The number of benzene rings is 1. The number of nitrogens with one attached hydrogen (secondary N) is 2. The number of aliphatic carboxylic acids is 1. The number of hydrogen-bond donors (Lipinski definition) is 4. The Balaban J connectivity index is 2.06. The van der Waals surface area contributed by atoms with Crippen molar-refractivity contribution in [2.24, 2.45) is 5.92 Å². The molecule has 1 aromatic rings. The second kappa shape index (κ2) is 6.88. The highest BCUT2D eigenvalue weighted by Crippen LogP contribution is 2.28. The molecule has 8 nitrogen and oxygen atoms in total. The Morgan fingerprint density at radius 3 is 2.58 bits per heavy atom. The van der Waals surface area contributed by atoms with Crippen molar-refractivity contribution in [1.82, 2.24) is 10.0 Å². The summed E-state index contributed by atoms with van der Waals surface area (Å²) in [6.45, 7) is 0.927. The molecule has 1 aliphatic rings. The van der Waals surface area contributed by atoms with E-state index in [1.165, 1.54) is 24.3 Å². The molecule has 1 aromatic carbocycles. The first-order valence-corrected chi connectivity index (χ1v) is 8.94. The van der Waals surface area contributed by atoms with Gasteiger partial charge in [-0.3, -0.25) is 4.79 Å². The van der Waals surface area contributed by atoms with Crippen LogP contribution < -0.4 is 10.0 Å². The molecule has 0 saturated heterocycles. The number of aliphatic hydroxyl groups is 1. The van der Waals surface area contributed by atoms with E-state index in [-0.39, 0.29) is 10.5 Å². The van der Waals surface area contributed by atoms with Crippen molar-refractivity contribution in [2.75, 3.05) is 13.1 Å². The van der Waals surface area contributed by atoms with E-state index < -0.39 is 34.0 Å². The third-order valence-corrected chi connectivity index (χ3v) is 5.14. The van der Waals surface area contributed by atoms with Crippen molar-refractivity contribution in [3.05, 3.63) is 29.8 Å². The number of rotatable bonds is 8. The Morgan fingerprint density at radius 1 is 1.33 bits per heavy atom. The maximum absolute atomic E-state index is 12.2. The van der Waals surface area contributed by atoms with Gasteiger partial charge in [0, 0.05) is 12.1 Å². The first-order valence-electron chi connectivity index (χ1n) is 7.45. The summed E-state index contributed by atoms with van der Waals surface area (Å²) in [4.78, 5) is 22.8. The Kier molecular flexibility index (Phi) is 5.26. The summed E-state index contributed by atoms with van der Waals surface area (Å²) in [6, 6.07) is 5.42. The molecule has 0 radical (unpaired) electrons. The maximum Gasteiger partial charge on any atom is 0.337 e. The van der Waals surface area contributed by atoms with Gasteiger partial charge in [-0.05, 0) is 43.9 Å². The van der Waals surface area contributed by atoms with Gasteiger partial charge in [0.25, 0.3) is 5.91 Å². The van der Waals surface area contributed by atoms with Crippen LogP contribution in [0.1, 0.15) is 30.1 Å². The number of sulfonamides is 1. The second-order valence-electron chi connectivity index (χ2n) is 6.08. The third kappa shape index (κ3) is 4.76. The average Bonchev–Trinajstić information content (AvgIpc) is 3.35. The molecule has 24 heavy (non-hydrogen) atoms. The minimum atomic E-state index is -3.70. The van der Waals surface area contributed by atoms with Crippen molar-refractivity contribution in [3.8, 4) is 0 Å². The van der Waals surface area contributed by atoms with Crippen LogP contribution in [-0.2, 0) is 14.8 Å². The minimum absolute atomic E-state index is 0.0409. The van der Waals surface area contributed by atoms with Gasteiger partial charge in [0.1, 0.15) is 0 Å². The molecular weight excluding hydrogens is 336 g/mol. The van der Waals surface area contributed by atoms with Gasteiger partial charge in [-0.15, -0.1) is 0 Å². The highest BCUT2D eigenvalue weighted by Gasteiger charge is 2.30. The zero-order valence-corrected chi connectivity index (χ0v) is 14.0. The summed E-state index contributed by atoms with van der Waals surface area (Å²) in [5.41, 5.74) is -2.05. The Bertz CT molecular complexity index is 740. The van der Waals surface area contributed by atoms with Gasteiger partial charge in [-0.25, -0.2) is 17.9 Å². The van der Waals surface area contributed by atoms with Crippen molar-refractivity contribution in [2.45, 2.75) is 30.3 Å². The van der Waals surface area contributed by atoms with Gasteiger partial charge in [-0.1, -0.05) is 6.07 Å². The number of carboxylic acids is 1. The summed E-state index contributed by atoms with van der Waals surface area (Å²) in [5, 5.41) is 20.6. The SMILES string of the molecule is CC(O)(CNC(=O)c1cccc(S(=O)(=O)NCC2CC2)c1)C(=O)O. The number of hydrogen-bond acceptors (Lipinski definition) is 5. The van der Waals surface area contributed by atoms with Crippen LogP contribution in [0.4, 0.5) is 0 Å². The van der Waals surface area contributed by atoms with Crippen LogP contribution in [0.3, 0.4) is 0 Å². The lowest BCUT2D eigenvalue weighted by Crippen LogP contribution is -2.46. The average molecular weight is 356 g/mol. The lowest BCUT2D eigenvalue weighted by Gasteiger charge is -2.18. The predicted octanol–water partition coefficient (Wildman–Crippen LogP) is -0.0597. The standard InChI is InChI=1S/C15H20N2O6S/c1-15(21,14(19)20)9-16-13(18)11-3-2-4-12(7-11)24(22,23)17-8-10-5-6-10/h2-4,7,10,17,21H,5-6,8-9H2,1H3,(H,16,18)(H,19,20). The van der Waals surface area contributed by atoms with E-state index in [2.05, 4.69) is 10.0 Å². The fourth-order valence-corrected chi connectivity index (χ4v) is 3.03. The number of carbonyl (C=O) groups is 2. The van der Waals surface area contributed by atoms with E-state index >= 15 is 0 Å². The van der Waals surface area contributed by atoms with E-state index in [1.807, 2.05) is 0 Å². The lowest BCUT2D eigenvalue weighted by atomic mass is 10.1. The fraction of sp³-hybridized carbons (Fsp3) is 0.467.